The van der Waals surface area contributed by atoms with Crippen LogP contribution in [0.15, 0.2) is 48.7 Å². The first-order valence-electron chi connectivity index (χ1n) is 8.51. The SMILES string of the molecule is CC.CCCc1cccc(-c2ccnc3ccc(C(=O)O)cc23)c1F. The number of fused-ring (bicyclic) bond motifs is 1. The molecule has 3 rings (SSSR count). The van der Waals surface area contributed by atoms with Crippen LogP contribution in [0.5, 0.6) is 0 Å². The standard InChI is InChI=1S/C19H16FNO2.C2H6/c1-2-4-12-5-3-6-15(18(12)20)14-9-10-21-17-8-7-13(19(22)23)11-16(14)17;1-2/h3,5-11H,2,4H2,1H3,(H,22,23);1-2H3. The van der Waals surface area contributed by atoms with Gasteiger partial charge in [0.15, 0.2) is 0 Å². The summed E-state index contributed by atoms with van der Waals surface area (Å²) in [6.07, 6.45) is 3.15. The Hall–Kier alpha value is -2.75. The second-order valence-electron chi connectivity index (χ2n) is 5.42. The zero-order valence-electron chi connectivity index (χ0n) is 14.7. The van der Waals surface area contributed by atoms with Crippen LogP contribution in [-0.2, 0) is 6.42 Å². The Kier molecular flexibility index (Phi) is 6.23. The van der Waals surface area contributed by atoms with E-state index in [2.05, 4.69) is 4.98 Å². The Morgan fingerprint density at radius 3 is 2.56 bits per heavy atom. The van der Waals surface area contributed by atoms with E-state index in [-0.39, 0.29) is 11.4 Å². The summed E-state index contributed by atoms with van der Waals surface area (Å²) in [5.41, 5.74) is 2.62. The molecule has 0 saturated carbocycles. The molecule has 0 radical (unpaired) electrons. The monoisotopic (exact) mass is 339 g/mol. The Labute approximate surface area is 147 Å². The van der Waals surface area contributed by atoms with Gasteiger partial charge in [-0.2, -0.15) is 0 Å². The fourth-order valence-corrected chi connectivity index (χ4v) is 2.76. The van der Waals surface area contributed by atoms with Gasteiger partial charge < -0.3 is 5.11 Å². The average Bonchev–Trinajstić information content (AvgIpc) is 2.64. The van der Waals surface area contributed by atoms with Crippen molar-refractivity contribution in [2.45, 2.75) is 33.6 Å². The molecule has 1 aromatic heterocycles. The lowest BCUT2D eigenvalue weighted by Crippen LogP contribution is -1.98. The second-order valence-corrected chi connectivity index (χ2v) is 5.42. The lowest BCUT2D eigenvalue weighted by molar-refractivity contribution is 0.0697. The number of carbonyl (C=O) groups is 1. The summed E-state index contributed by atoms with van der Waals surface area (Å²) in [5, 5.41) is 9.82. The molecule has 130 valence electrons. The van der Waals surface area contributed by atoms with Gasteiger partial charge in [0.25, 0.3) is 0 Å². The second kappa shape index (κ2) is 8.38. The molecule has 1 heterocycles. The summed E-state index contributed by atoms with van der Waals surface area (Å²) in [6, 6.07) is 11.8. The average molecular weight is 339 g/mol. The van der Waals surface area contributed by atoms with Crippen LogP contribution in [0.1, 0.15) is 43.1 Å². The van der Waals surface area contributed by atoms with Crippen molar-refractivity contribution in [3.8, 4) is 11.1 Å². The molecule has 0 aliphatic heterocycles. The number of rotatable bonds is 4. The molecule has 25 heavy (non-hydrogen) atoms. The lowest BCUT2D eigenvalue weighted by Gasteiger charge is -2.11. The largest absolute Gasteiger partial charge is 0.478 e. The molecular weight excluding hydrogens is 317 g/mol. The van der Waals surface area contributed by atoms with E-state index < -0.39 is 5.97 Å². The zero-order chi connectivity index (χ0) is 18.4. The van der Waals surface area contributed by atoms with Crippen LogP contribution in [0, 0.1) is 5.82 Å². The number of carboxylic acid groups (broad SMARTS) is 1. The maximum Gasteiger partial charge on any atom is 0.335 e. The van der Waals surface area contributed by atoms with Gasteiger partial charge in [0.05, 0.1) is 11.1 Å². The van der Waals surface area contributed by atoms with Gasteiger partial charge in [0.1, 0.15) is 5.82 Å². The van der Waals surface area contributed by atoms with Crippen molar-refractivity contribution in [2.24, 2.45) is 0 Å². The van der Waals surface area contributed by atoms with Gasteiger partial charge in [0.2, 0.25) is 0 Å². The Balaban J connectivity index is 0.00000109. The number of nitrogens with zero attached hydrogens (tertiary/aromatic N) is 1. The Morgan fingerprint density at radius 1 is 1.12 bits per heavy atom. The molecule has 0 fully saturated rings. The van der Waals surface area contributed by atoms with Crippen LogP contribution in [-0.4, -0.2) is 16.1 Å². The predicted octanol–water partition coefficient (Wildman–Crippen LogP) is 5.72. The van der Waals surface area contributed by atoms with Crippen LogP contribution in [0.4, 0.5) is 4.39 Å². The molecule has 1 N–H and O–H groups in total. The zero-order valence-corrected chi connectivity index (χ0v) is 14.7. The van der Waals surface area contributed by atoms with E-state index in [1.54, 1.807) is 36.5 Å². The van der Waals surface area contributed by atoms with E-state index >= 15 is 0 Å². The number of hydrogen-bond donors (Lipinski definition) is 1. The Bertz CT molecular complexity index is 890. The van der Waals surface area contributed by atoms with Gasteiger partial charge in [0, 0.05) is 17.1 Å². The number of carboxylic acids is 1. The molecule has 3 aromatic rings. The summed E-state index contributed by atoms with van der Waals surface area (Å²) in [6.45, 7) is 6.01. The molecule has 4 heteroatoms. The number of pyridine rings is 1. The number of aromatic carboxylic acids is 1. The summed E-state index contributed by atoms with van der Waals surface area (Å²) in [7, 11) is 0. The molecule has 0 atom stereocenters. The molecule has 0 bridgehead atoms. The summed E-state index contributed by atoms with van der Waals surface area (Å²) in [4.78, 5) is 15.4. The number of aromatic nitrogens is 1. The van der Waals surface area contributed by atoms with Gasteiger partial charge in [-0.05, 0) is 41.8 Å². The van der Waals surface area contributed by atoms with E-state index in [0.29, 0.717) is 34.0 Å². The minimum Gasteiger partial charge on any atom is -0.478 e. The quantitative estimate of drug-likeness (QED) is 0.661. The first-order valence-corrected chi connectivity index (χ1v) is 8.51. The number of hydrogen-bond acceptors (Lipinski definition) is 2. The minimum atomic E-state index is -1.01. The molecule has 0 aliphatic rings. The summed E-state index contributed by atoms with van der Waals surface area (Å²) in [5.74, 6) is -1.26. The van der Waals surface area contributed by atoms with Gasteiger partial charge in [-0.1, -0.05) is 45.4 Å². The first kappa shape index (κ1) is 18.6. The predicted molar refractivity (Wildman–Crippen MR) is 99.4 cm³/mol. The van der Waals surface area contributed by atoms with E-state index in [1.807, 2.05) is 26.8 Å². The van der Waals surface area contributed by atoms with Crippen molar-refractivity contribution in [1.82, 2.24) is 4.98 Å². The van der Waals surface area contributed by atoms with Crippen molar-refractivity contribution in [3.63, 3.8) is 0 Å². The molecule has 0 saturated heterocycles. The van der Waals surface area contributed by atoms with Crippen LogP contribution in [0.3, 0.4) is 0 Å². The highest BCUT2D eigenvalue weighted by molar-refractivity contribution is 5.99. The molecular formula is C21H22FNO2. The topological polar surface area (TPSA) is 50.2 Å². The van der Waals surface area contributed by atoms with Crippen molar-refractivity contribution >= 4 is 16.9 Å². The highest BCUT2D eigenvalue weighted by Crippen LogP contribution is 2.31. The highest BCUT2D eigenvalue weighted by Gasteiger charge is 2.14. The third-order valence-electron chi connectivity index (χ3n) is 3.88. The van der Waals surface area contributed by atoms with Crippen molar-refractivity contribution in [2.75, 3.05) is 0 Å². The summed E-state index contributed by atoms with van der Waals surface area (Å²) >= 11 is 0. The van der Waals surface area contributed by atoms with Crippen LogP contribution in [0.25, 0.3) is 22.0 Å². The third kappa shape index (κ3) is 3.85. The van der Waals surface area contributed by atoms with Crippen LogP contribution >= 0.6 is 0 Å². The minimum absolute atomic E-state index is 0.164. The fraction of sp³-hybridized carbons (Fsp3) is 0.238. The van der Waals surface area contributed by atoms with Gasteiger partial charge in [-0.3, -0.25) is 4.98 Å². The highest BCUT2D eigenvalue weighted by atomic mass is 19.1. The van der Waals surface area contributed by atoms with Crippen LogP contribution in [0.2, 0.25) is 0 Å². The number of halogens is 1. The normalized spacial score (nSPS) is 10.2. The third-order valence-corrected chi connectivity index (χ3v) is 3.88. The van der Waals surface area contributed by atoms with Crippen molar-refractivity contribution in [1.29, 1.82) is 0 Å². The lowest BCUT2D eigenvalue weighted by atomic mass is 9.96. The van der Waals surface area contributed by atoms with E-state index in [9.17, 15) is 14.3 Å². The van der Waals surface area contributed by atoms with Gasteiger partial charge in [-0.15, -0.1) is 0 Å². The number of benzene rings is 2. The van der Waals surface area contributed by atoms with Gasteiger partial charge >= 0.3 is 5.97 Å². The van der Waals surface area contributed by atoms with E-state index in [1.165, 1.54) is 6.07 Å². The molecule has 2 aromatic carbocycles. The smallest absolute Gasteiger partial charge is 0.335 e. The van der Waals surface area contributed by atoms with E-state index in [4.69, 9.17) is 0 Å². The fourth-order valence-electron chi connectivity index (χ4n) is 2.76. The number of aryl methyl sites for hydroxylation is 1. The first-order chi connectivity index (χ1) is 12.1. The van der Waals surface area contributed by atoms with Crippen LogP contribution < -0.4 is 0 Å². The van der Waals surface area contributed by atoms with Crippen molar-refractivity contribution in [3.05, 3.63) is 65.6 Å². The van der Waals surface area contributed by atoms with Crippen molar-refractivity contribution < 1.29 is 14.3 Å². The molecule has 0 amide bonds. The maximum absolute atomic E-state index is 14.8. The maximum atomic E-state index is 14.8. The molecule has 0 unspecified atom stereocenters. The molecule has 0 aliphatic carbocycles. The molecule has 0 spiro atoms. The molecule has 3 nitrogen and oxygen atoms in total. The van der Waals surface area contributed by atoms with E-state index in [0.717, 1.165) is 6.42 Å². The Morgan fingerprint density at radius 2 is 1.88 bits per heavy atom. The summed E-state index contributed by atoms with van der Waals surface area (Å²) < 4.78 is 14.8. The van der Waals surface area contributed by atoms with Gasteiger partial charge in [-0.25, -0.2) is 9.18 Å².